The molecule has 0 heterocycles. The van der Waals surface area contributed by atoms with Crippen LogP contribution in [0.15, 0.2) is 53.4 Å². The van der Waals surface area contributed by atoms with Crippen molar-refractivity contribution in [2.75, 3.05) is 14.2 Å². The molecule has 2 rings (SSSR count). The van der Waals surface area contributed by atoms with Crippen molar-refractivity contribution in [3.63, 3.8) is 0 Å². The van der Waals surface area contributed by atoms with Gasteiger partial charge < -0.3 is 4.74 Å². The molecule has 0 saturated carbocycles. The summed E-state index contributed by atoms with van der Waals surface area (Å²) in [5.41, 5.74) is 0.520. The largest absolute Gasteiger partial charge is 0.497 e. The van der Waals surface area contributed by atoms with Gasteiger partial charge in [0.1, 0.15) is 5.75 Å². The highest BCUT2D eigenvalue weighted by Crippen LogP contribution is 2.22. The second kappa shape index (κ2) is 6.76. The first kappa shape index (κ1) is 16.9. The molecular formula is C15H16N2O5S. The van der Waals surface area contributed by atoms with Crippen molar-refractivity contribution in [3.05, 3.63) is 64.2 Å². The highest BCUT2D eigenvalue weighted by atomic mass is 32.2. The number of benzene rings is 2. The summed E-state index contributed by atoms with van der Waals surface area (Å²) in [6.07, 6.45) is 0. The second-order valence-electron chi connectivity index (χ2n) is 4.86. The molecule has 0 aromatic heterocycles. The van der Waals surface area contributed by atoms with E-state index in [-0.39, 0.29) is 17.1 Å². The summed E-state index contributed by atoms with van der Waals surface area (Å²) in [5, 5.41) is 10.8. The normalized spacial score (nSPS) is 11.4. The number of hydrogen-bond donors (Lipinski definition) is 0. The minimum atomic E-state index is -3.81. The Bertz CT molecular complexity index is 803. The zero-order chi connectivity index (χ0) is 17.0. The predicted octanol–water partition coefficient (Wildman–Crippen LogP) is 2.42. The minimum Gasteiger partial charge on any atom is -0.497 e. The maximum Gasteiger partial charge on any atom is 0.270 e. The van der Waals surface area contributed by atoms with Crippen LogP contribution in [0, 0.1) is 10.1 Å². The monoisotopic (exact) mass is 336 g/mol. The topological polar surface area (TPSA) is 89.8 Å². The average Bonchev–Trinajstić information content (AvgIpc) is 2.55. The van der Waals surface area contributed by atoms with Crippen LogP contribution in [-0.2, 0) is 16.6 Å². The molecule has 0 unspecified atom stereocenters. The van der Waals surface area contributed by atoms with Crippen LogP contribution in [0.3, 0.4) is 0 Å². The van der Waals surface area contributed by atoms with Crippen molar-refractivity contribution in [2.45, 2.75) is 11.4 Å². The van der Waals surface area contributed by atoms with Crippen LogP contribution in [0.2, 0.25) is 0 Å². The fourth-order valence-corrected chi connectivity index (χ4v) is 3.21. The van der Waals surface area contributed by atoms with Gasteiger partial charge in [-0.2, -0.15) is 4.31 Å². The van der Waals surface area contributed by atoms with Crippen molar-refractivity contribution in [2.24, 2.45) is 0 Å². The molecule has 0 aliphatic heterocycles. The molecule has 0 saturated heterocycles. The number of hydrogen-bond acceptors (Lipinski definition) is 5. The summed E-state index contributed by atoms with van der Waals surface area (Å²) < 4.78 is 31.2. The lowest BCUT2D eigenvalue weighted by atomic mass is 10.2. The van der Waals surface area contributed by atoms with Gasteiger partial charge in [-0.05, 0) is 23.8 Å². The molecule has 23 heavy (non-hydrogen) atoms. The predicted molar refractivity (Wildman–Crippen MR) is 84.7 cm³/mol. The van der Waals surface area contributed by atoms with E-state index in [1.807, 2.05) is 0 Å². The summed E-state index contributed by atoms with van der Waals surface area (Å²) in [5.74, 6) is 0.679. The summed E-state index contributed by atoms with van der Waals surface area (Å²) in [6.45, 7) is 0.148. The van der Waals surface area contributed by atoms with Crippen LogP contribution in [0.4, 0.5) is 5.69 Å². The molecule has 0 aliphatic rings. The Hall–Kier alpha value is -2.45. The molecule has 2 aromatic carbocycles. The van der Waals surface area contributed by atoms with Crippen LogP contribution in [-0.4, -0.2) is 31.8 Å². The number of rotatable bonds is 6. The number of ether oxygens (including phenoxy) is 1. The number of nitro groups is 1. The lowest BCUT2D eigenvalue weighted by molar-refractivity contribution is -0.385. The first-order valence-electron chi connectivity index (χ1n) is 6.68. The number of non-ortho nitro benzene ring substituents is 1. The van der Waals surface area contributed by atoms with E-state index in [4.69, 9.17) is 4.74 Å². The molecule has 0 N–H and O–H groups in total. The number of nitrogens with zero attached hydrogens (tertiary/aromatic N) is 2. The molecule has 2 aromatic rings. The quantitative estimate of drug-likeness (QED) is 0.597. The van der Waals surface area contributed by atoms with Gasteiger partial charge in [-0.15, -0.1) is 0 Å². The third-order valence-electron chi connectivity index (χ3n) is 3.30. The van der Waals surface area contributed by atoms with Gasteiger partial charge in [-0.25, -0.2) is 8.42 Å². The molecule has 0 spiro atoms. The second-order valence-corrected chi connectivity index (χ2v) is 6.91. The van der Waals surface area contributed by atoms with Gasteiger partial charge >= 0.3 is 0 Å². The van der Waals surface area contributed by atoms with E-state index in [0.717, 1.165) is 15.9 Å². The van der Waals surface area contributed by atoms with E-state index in [1.54, 1.807) is 31.4 Å². The summed E-state index contributed by atoms with van der Waals surface area (Å²) in [6, 6.07) is 12.0. The minimum absolute atomic E-state index is 0.109. The van der Waals surface area contributed by atoms with Gasteiger partial charge in [0.05, 0.1) is 16.9 Å². The third-order valence-corrected chi connectivity index (χ3v) is 5.10. The molecule has 7 nitrogen and oxygen atoms in total. The van der Waals surface area contributed by atoms with E-state index in [9.17, 15) is 18.5 Å². The molecule has 0 radical (unpaired) electrons. The molecule has 0 bridgehead atoms. The fourth-order valence-electron chi connectivity index (χ4n) is 2.01. The summed E-state index contributed by atoms with van der Waals surface area (Å²) in [4.78, 5) is 10.1. The molecule has 8 heteroatoms. The first-order chi connectivity index (χ1) is 10.8. The van der Waals surface area contributed by atoms with Crippen LogP contribution < -0.4 is 4.74 Å². The van der Waals surface area contributed by atoms with Crippen molar-refractivity contribution < 1.29 is 18.1 Å². The van der Waals surface area contributed by atoms with Gasteiger partial charge in [-0.3, -0.25) is 10.1 Å². The van der Waals surface area contributed by atoms with Crippen molar-refractivity contribution >= 4 is 15.7 Å². The fraction of sp³-hybridized carbons (Fsp3) is 0.200. The molecule has 0 fully saturated rings. The summed E-state index contributed by atoms with van der Waals surface area (Å²) >= 11 is 0. The van der Waals surface area contributed by atoms with E-state index < -0.39 is 14.9 Å². The van der Waals surface area contributed by atoms with Crippen LogP contribution >= 0.6 is 0 Å². The van der Waals surface area contributed by atoms with E-state index in [0.29, 0.717) is 5.75 Å². The highest BCUT2D eigenvalue weighted by Gasteiger charge is 2.23. The van der Waals surface area contributed by atoms with Crippen LogP contribution in [0.5, 0.6) is 5.75 Å². The van der Waals surface area contributed by atoms with Crippen LogP contribution in [0.25, 0.3) is 0 Å². The molecule has 122 valence electrons. The zero-order valence-electron chi connectivity index (χ0n) is 12.7. The number of nitro benzene ring substituents is 1. The Morgan fingerprint density at radius 1 is 1.17 bits per heavy atom. The molecule has 0 atom stereocenters. The SMILES string of the molecule is COc1ccc(CN(C)S(=O)(=O)c2cccc([N+](=O)[O-])c2)cc1. The van der Waals surface area contributed by atoms with Crippen molar-refractivity contribution in [1.29, 1.82) is 0 Å². The van der Waals surface area contributed by atoms with Gasteiger partial charge in [0.15, 0.2) is 0 Å². The van der Waals surface area contributed by atoms with E-state index in [1.165, 1.54) is 25.2 Å². The lowest BCUT2D eigenvalue weighted by Gasteiger charge is -2.17. The standard InChI is InChI=1S/C15H16N2O5S/c1-16(11-12-6-8-14(22-2)9-7-12)23(20,21)15-5-3-4-13(10-15)17(18)19/h3-10H,11H2,1-2H3. The molecular weight excluding hydrogens is 320 g/mol. The lowest BCUT2D eigenvalue weighted by Crippen LogP contribution is -2.26. The highest BCUT2D eigenvalue weighted by molar-refractivity contribution is 7.89. The Morgan fingerprint density at radius 3 is 2.39 bits per heavy atom. The average molecular weight is 336 g/mol. The van der Waals surface area contributed by atoms with E-state index in [2.05, 4.69) is 0 Å². The maximum absolute atomic E-state index is 12.5. The molecule has 0 amide bonds. The number of methoxy groups -OCH3 is 1. The number of sulfonamides is 1. The van der Waals surface area contributed by atoms with Crippen LogP contribution in [0.1, 0.15) is 5.56 Å². The zero-order valence-corrected chi connectivity index (χ0v) is 13.5. The molecule has 0 aliphatic carbocycles. The summed E-state index contributed by atoms with van der Waals surface area (Å²) in [7, 11) is -0.833. The smallest absolute Gasteiger partial charge is 0.270 e. The first-order valence-corrected chi connectivity index (χ1v) is 8.12. The van der Waals surface area contributed by atoms with Gasteiger partial charge in [0.2, 0.25) is 10.0 Å². The Kier molecular flexibility index (Phi) is 4.97. The maximum atomic E-state index is 12.5. The van der Waals surface area contributed by atoms with E-state index >= 15 is 0 Å². The van der Waals surface area contributed by atoms with Crippen molar-refractivity contribution in [3.8, 4) is 5.75 Å². The van der Waals surface area contributed by atoms with Gasteiger partial charge in [0.25, 0.3) is 5.69 Å². The Morgan fingerprint density at radius 2 is 1.83 bits per heavy atom. The van der Waals surface area contributed by atoms with Gasteiger partial charge in [-0.1, -0.05) is 18.2 Å². The van der Waals surface area contributed by atoms with Crippen molar-refractivity contribution in [1.82, 2.24) is 4.31 Å². The Labute approximate surface area is 134 Å². The Balaban J connectivity index is 2.24. The van der Waals surface area contributed by atoms with Gasteiger partial charge in [0, 0.05) is 25.7 Å². The third kappa shape index (κ3) is 3.85.